The molecule has 49 heavy (non-hydrogen) atoms. The fourth-order valence-electron chi connectivity index (χ4n) is 8.56. The summed E-state index contributed by atoms with van der Waals surface area (Å²) in [6.45, 7) is 32.8. The first-order chi connectivity index (χ1) is 22.4. The molecule has 4 rings (SSSR count). The second-order valence-corrected chi connectivity index (χ2v) is 29.2. The van der Waals surface area contributed by atoms with Gasteiger partial charge in [-0.15, -0.1) is 0 Å². The third-order valence-electron chi connectivity index (χ3n) is 14.0. The van der Waals surface area contributed by atoms with Crippen LogP contribution in [0.25, 0.3) is 0 Å². The van der Waals surface area contributed by atoms with Crippen molar-refractivity contribution in [2.75, 3.05) is 14.1 Å². The number of ketones is 1. The molecule has 0 heterocycles. The van der Waals surface area contributed by atoms with E-state index in [0.29, 0.717) is 30.6 Å². The molecule has 4 unspecified atom stereocenters. The minimum atomic E-state index is -2.02. The lowest BCUT2D eigenvalue weighted by Gasteiger charge is -2.45. The third kappa shape index (κ3) is 8.25. The molecule has 5 nitrogen and oxygen atoms in total. The molecule has 4 saturated carbocycles. The average Bonchev–Trinajstić information content (AvgIpc) is 3.70. The van der Waals surface area contributed by atoms with Crippen LogP contribution in [-0.4, -0.2) is 59.5 Å². The predicted octanol–water partition coefficient (Wildman–Crippen LogP) is 10.8. The zero-order valence-corrected chi connectivity index (χ0v) is 35.8. The summed E-state index contributed by atoms with van der Waals surface area (Å²) < 4.78 is 14.2. The molecule has 0 radical (unpaired) electrons. The number of fused-ring (bicyclic) bond motifs is 1. The Morgan fingerprint density at radius 3 is 2.08 bits per heavy atom. The van der Waals surface area contributed by atoms with Gasteiger partial charge in [-0.05, 0) is 128 Å². The van der Waals surface area contributed by atoms with Gasteiger partial charge in [-0.3, -0.25) is 9.59 Å². The van der Waals surface area contributed by atoms with Crippen molar-refractivity contribution in [3.05, 3.63) is 47.6 Å². The standard InChI is InChI=1S/C42H71NO4Si2/c1-29(18-23-37(44)42(25-26-42)38(45)43(10)11)34-21-22-35-31(17-16-24-41(34,35)9)19-20-32-27-33(46-48(12,13)39(3,4)5)28-36(30(32)2)47-49(14,15)40(6,7)8/h18-20,23,29,33-36H,2,16-17,21-22,24-28H2,1,3-15H3/b23-18+,31-19+,32-20+/t29-,33?,34?,35?,36?,41-/m1/s1. The van der Waals surface area contributed by atoms with Crippen LogP contribution in [0, 0.1) is 28.6 Å². The molecule has 0 aromatic heterocycles. The summed E-state index contributed by atoms with van der Waals surface area (Å²) in [6, 6.07) is 0. The van der Waals surface area contributed by atoms with Crippen molar-refractivity contribution in [1.29, 1.82) is 0 Å². The van der Waals surface area contributed by atoms with E-state index in [2.05, 4.69) is 106 Å². The topological polar surface area (TPSA) is 55.8 Å². The highest BCUT2D eigenvalue weighted by atomic mass is 28.4. The van der Waals surface area contributed by atoms with Gasteiger partial charge in [0.1, 0.15) is 5.41 Å². The van der Waals surface area contributed by atoms with E-state index in [1.807, 2.05) is 0 Å². The third-order valence-corrected chi connectivity index (χ3v) is 23.0. The average molecular weight is 710 g/mol. The number of rotatable bonds is 10. The van der Waals surface area contributed by atoms with Crippen molar-refractivity contribution < 1.29 is 18.4 Å². The summed E-state index contributed by atoms with van der Waals surface area (Å²) >= 11 is 0. The van der Waals surface area contributed by atoms with Crippen molar-refractivity contribution in [3.63, 3.8) is 0 Å². The summed E-state index contributed by atoms with van der Waals surface area (Å²) in [4.78, 5) is 27.5. The van der Waals surface area contributed by atoms with Crippen molar-refractivity contribution in [3.8, 4) is 0 Å². The zero-order valence-electron chi connectivity index (χ0n) is 33.8. The Hall–Kier alpha value is -1.55. The summed E-state index contributed by atoms with van der Waals surface area (Å²) in [5.41, 5.74) is 3.42. The number of carbonyl (C=O) groups is 2. The summed E-state index contributed by atoms with van der Waals surface area (Å²) in [5, 5.41) is 0.276. The number of nitrogens with zero attached hydrogens (tertiary/aromatic N) is 1. The molecule has 0 aromatic carbocycles. The second-order valence-electron chi connectivity index (χ2n) is 19.7. The van der Waals surface area contributed by atoms with Crippen molar-refractivity contribution in [2.24, 2.45) is 28.6 Å². The van der Waals surface area contributed by atoms with Crippen LogP contribution in [-0.2, 0) is 18.4 Å². The van der Waals surface area contributed by atoms with E-state index in [1.54, 1.807) is 30.6 Å². The lowest BCUT2D eigenvalue weighted by atomic mass is 9.61. The van der Waals surface area contributed by atoms with E-state index in [9.17, 15) is 9.59 Å². The quantitative estimate of drug-likeness (QED) is 0.129. The predicted molar refractivity (Wildman–Crippen MR) is 211 cm³/mol. The molecule has 276 valence electrons. The SMILES string of the molecule is C=C1/C(=C/C=C2\CCC[C@@]3(C)C2CCC3[C@H](C)/C=C/C(=O)C2(C(=O)N(C)C)CC2)CC(O[Si](C)(C)C(C)(C)C)CC1O[Si](C)(C)C(C)(C)C. The molecule has 7 heteroatoms. The minimum absolute atomic E-state index is 0.00649. The lowest BCUT2D eigenvalue weighted by Crippen LogP contribution is -2.49. The molecule has 0 aliphatic heterocycles. The minimum Gasteiger partial charge on any atom is -0.413 e. The fraction of sp³-hybridized carbons (Fsp3) is 0.762. The maximum Gasteiger partial charge on any atom is 0.236 e. The molecular formula is C42H71NO4Si2. The molecule has 4 aliphatic carbocycles. The molecular weight excluding hydrogens is 639 g/mol. The van der Waals surface area contributed by atoms with Gasteiger partial charge < -0.3 is 13.8 Å². The molecule has 0 spiro atoms. The Bertz CT molecular complexity index is 1370. The van der Waals surface area contributed by atoms with Crippen molar-refractivity contribution >= 4 is 28.3 Å². The van der Waals surface area contributed by atoms with E-state index in [0.717, 1.165) is 24.8 Å². The highest BCUT2D eigenvalue weighted by Crippen LogP contribution is 2.60. The number of carbonyl (C=O) groups excluding carboxylic acids is 2. The van der Waals surface area contributed by atoms with Gasteiger partial charge in [0.25, 0.3) is 0 Å². The summed E-state index contributed by atoms with van der Waals surface area (Å²) in [6.07, 6.45) is 17.9. The van der Waals surface area contributed by atoms with Crippen LogP contribution in [0.15, 0.2) is 47.6 Å². The van der Waals surface area contributed by atoms with Gasteiger partial charge in [0, 0.05) is 20.5 Å². The first-order valence-electron chi connectivity index (χ1n) is 19.2. The van der Waals surface area contributed by atoms with Gasteiger partial charge in [0.05, 0.1) is 12.2 Å². The Balaban J connectivity index is 1.56. The molecule has 0 aromatic rings. The van der Waals surface area contributed by atoms with Gasteiger partial charge in [0.15, 0.2) is 22.4 Å². The molecule has 6 atom stereocenters. The lowest BCUT2D eigenvalue weighted by molar-refractivity contribution is -0.139. The largest absolute Gasteiger partial charge is 0.413 e. The zero-order chi connectivity index (χ0) is 37.0. The van der Waals surface area contributed by atoms with E-state index in [4.69, 9.17) is 8.85 Å². The Labute approximate surface area is 302 Å². The van der Waals surface area contributed by atoms with Gasteiger partial charge >= 0.3 is 0 Å². The van der Waals surface area contributed by atoms with Crippen LogP contribution in [0.2, 0.25) is 36.3 Å². The highest BCUT2D eigenvalue weighted by molar-refractivity contribution is 6.74. The molecule has 4 fully saturated rings. The van der Waals surface area contributed by atoms with Gasteiger partial charge in [-0.25, -0.2) is 0 Å². The van der Waals surface area contributed by atoms with Crippen LogP contribution in [0.3, 0.4) is 0 Å². The second kappa shape index (κ2) is 14.1. The first-order valence-corrected chi connectivity index (χ1v) is 25.1. The van der Waals surface area contributed by atoms with E-state index in [1.165, 1.54) is 31.3 Å². The van der Waals surface area contributed by atoms with Crippen LogP contribution in [0.5, 0.6) is 0 Å². The summed E-state index contributed by atoms with van der Waals surface area (Å²) in [7, 11) is -0.482. The number of hydrogen-bond donors (Lipinski definition) is 0. The van der Waals surface area contributed by atoms with Gasteiger partial charge in [-0.1, -0.05) is 85.8 Å². The Morgan fingerprint density at radius 1 is 0.939 bits per heavy atom. The smallest absolute Gasteiger partial charge is 0.236 e. The highest BCUT2D eigenvalue weighted by Gasteiger charge is 2.56. The van der Waals surface area contributed by atoms with Crippen LogP contribution >= 0.6 is 0 Å². The normalized spacial score (nSPS) is 31.7. The fourth-order valence-corrected chi connectivity index (χ4v) is 11.2. The van der Waals surface area contributed by atoms with Crippen LogP contribution in [0.1, 0.15) is 113 Å². The van der Waals surface area contributed by atoms with E-state index >= 15 is 0 Å². The molecule has 1 amide bonds. The van der Waals surface area contributed by atoms with Crippen LogP contribution in [0.4, 0.5) is 0 Å². The van der Waals surface area contributed by atoms with Crippen molar-refractivity contribution in [1.82, 2.24) is 4.90 Å². The molecule has 4 aliphatic rings. The van der Waals surface area contributed by atoms with Crippen molar-refractivity contribution in [2.45, 2.75) is 162 Å². The maximum absolute atomic E-state index is 13.2. The number of amides is 1. The monoisotopic (exact) mass is 709 g/mol. The van der Waals surface area contributed by atoms with Crippen LogP contribution < -0.4 is 0 Å². The molecule has 0 N–H and O–H groups in total. The van der Waals surface area contributed by atoms with E-state index < -0.39 is 22.0 Å². The Morgan fingerprint density at radius 2 is 1.53 bits per heavy atom. The Kier molecular flexibility index (Phi) is 11.6. The first kappa shape index (κ1) is 40.2. The van der Waals surface area contributed by atoms with Gasteiger partial charge in [0.2, 0.25) is 5.91 Å². The van der Waals surface area contributed by atoms with Gasteiger partial charge in [-0.2, -0.15) is 0 Å². The number of allylic oxidation sites excluding steroid dienone is 5. The molecule has 0 saturated heterocycles. The maximum atomic E-state index is 13.2. The summed E-state index contributed by atoms with van der Waals surface area (Å²) in [5.74, 6) is 1.31. The number of hydrogen-bond acceptors (Lipinski definition) is 4. The van der Waals surface area contributed by atoms with E-state index in [-0.39, 0.29) is 39.4 Å². The molecule has 0 bridgehead atoms.